The van der Waals surface area contributed by atoms with E-state index in [1.807, 2.05) is 6.92 Å². The third kappa shape index (κ3) is 4.87. The predicted molar refractivity (Wildman–Crippen MR) is 65.9 cm³/mol. The molecular formula is C13H19NO3. The molecule has 0 heterocycles. The number of hydrogen-bond acceptors (Lipinski definition) is 3. The zero-order chi connectivity index (χ0) is 12.7. The zero-order valence-electron chi connectivity index (χ0n) is 10.3. The van der Waals surface area contributed by atoms with Crippen LogP contribution in [0.1, 0.15) is 31.9 Å². The number of benzene rings is 1. The van der Waals surface area contributed by atoms with Gasteiger partial charge in [-0.1, -0.05) is 19.1 Å². The molecule has 0 fully saturated rings. The van der Waals surface area contributed by atoms with Crippen molar-refractivity contribution < 1.29 is 14.6 Å². The third-order valence-electron chi connectivity index (χ3n) is 2.30. The van der Waals surface area contributed by atoms with Gasteiger partial charge in [0.1, 0.15) is 5.75 Å². The van der Waals surface area contributed by atoms with Gasteiger partial charge in [-0.2, -0.15) is 0 Å². The number of amides is 1. The first-order valence-electron chi connectivity index (χ1n) is 5.81. The molecule has 0 aromatic heterocycles. The Balaban J connectivity index is 2.39. The minimum absolute atomic E-state index is 0.0219. The Morgan fingerprint density at radius 1 is 1.41 bits per heavy atom. The minimum Gasteiger partial charge on any atom is -0.484 e. The topological polar surface area (TPSA) is 58.6 Å². The van der Waals surface area contributed by atoms with Crippen molar-refractivity contribution in [3.8, 4) is 5.75 Å². The molecule has 17 heavy (non-hydrogen) atoms. The number of carbonyl (C=O) groups excluding carboxylic acids is 1. The molecule has 0 aliphatic heterocycles. The molecule has 0 spiro atoms. The van der Waals surface area contributed by atoms with Crippen LogP contribution in [0, 0.1) is 0 Å². The number of nitrogens with one attached hydrogen (secondary N) is 1. The van der Waals surface area contributed by atoms with Gasteiger partial charge in [-0.3, -0.25) is 4.79 Å². The molecule has 1 rings (SSSR count). The molecule has 0 aliphatic carbocycles. The Hall–Kier alpha value is -1.55. The minimum atomic E-state index is -0.489. The summed E-state index contributed by atoms with van der Waals surface area (Å²) < 4.78 is 5.31. The SMILES string of the molecule is CCCNC(=O)COc1ccc([C@H](C)O)cc1. The molecule has 94 valence electrons. The van der Waals surface area contributed by atoms with E-state index in [2.05, 4.69) is 5.32 Å². The van der Waals surface area contributed by atoms with E-state index in [0.29, 0.717) is 12.3 Å². The van der Waals surface area contributed by atoms with Crippen LogP contribution in [-0.4, -0.2) is 24.2 Å². The molecular weight excluding hydrogens is 218 g/mol. The molecule has 0 radical (unpaired) electrons. The highest BCUT2D eigenvalue weighted by Gasteiger charge is 2.03. The first kappa shape index (κ1) is 13.5. The average Bonchev–Trinajstić information content (AvgIpc) is 2.34. The fourth-order valence-corrected chi connectivity index (χ4v) is 1.31. The number of aliphatic hydroxyl groups excluding tert-OH is 1. The van der Waals surface area contributed by atoms with Crippen LogP contribution in [0.2, 0.25) is 0 Å². The second kappa shape index (κ2) is 6.91. The molecule has 0 bridgehead atoms. The van der Waals surface area contributed by atoms with Crippen LogP contribution >= 0.6 is 0 Å². The monoisotopic (exact) mass is 237 g/mol. The first-order valence-corrected chi connectivity index (χ1v) is 5.81. The van der Waals surface area contributed by atoms with Gasteiger partial charge in [0.2, 0.25) is 0 Å². The molecule has 0 saturated carbocycles. The van der Waals surface area contributed by atoms with Crippen LogP contribution in [0.3, 0.4) is 0 Å². The lowest BCUT2D eigenvalue weighted by atomic mass is 10.1. The van der Waals surface area contributed by atoms with Crippen molar-refractivity contribution in [3.05, 3.63) is 29.8 Å². The molecule has 2 N–H and O–H groups in total. The highest BCUT2D eigenvalue weighted by atomic mass is 16.5. The lowest BCUT2D eigenvalue weighted by Gasteiger charge is -2.08. The Kier molecular flexibility index (Phi) is 5.49. The Morgan fingerprint density at radius 2 is 2.06 bits per heavy atom. The second-order valence-corrected chi connectivity index (χ2v) is 3.88. The van der Waals surface area contributed by atoms with Crippen LogP contribution in [-0.2, 0) is 4.79 Å². The molecule has 1 aromatic carbocycles. The largest absolute Gasteiger partial charge is 0.484 e. The molecule has 1 amide bonds. The van der Waals surface area contributed by atoms with E-state index in [0.717, 1.165) is 12.0 Å². The summed E-state index contributed by atoms with van der Waals surface area (Å²) in [4.78, 5) is 11.3. The number of rotatable bonds is 6. The third-order valence-corrected chi connectivity index (χ3v) is 2.30. The summed E-state index contributed by atoms with van der Waals surface area (Å²) in [6.07, 6.45) is 0.423. The number of ether oxygens (including phenoxy) is 1. The summed E-state index contributed by atoms with van der Waals surface area (Å²) in [6.45, 7) is 4.39. The van der Waals surface area contributed by atoms with Crippen molar-refractivity contribution in [1.29, 1.82) is 0 Å². The fourth-order valence-electron chi connectivity index (χ4n) is 1.31. The van der Waals surface area contributed by atoms with Crippen molar-refractivity contribution in [2.45, 2.75) is 26.4 Å². The quantitative estimate of drug-likeness (QED) is 0.791. The summed E-state index contributed by atoms with van der Waals surface area (Å²) in [5.74, 6) is 0.507. The standard InChI is InChI=1S/C13H19NO3/c1-3-8-14-13(16)9-17-12-6-4-11(5-7-12)10(2)15/h4-7,10,15H,3,8-9H2,1-2H3,(H,14,16)/t10-/m0/s1. The van der Waals surface area contributed by atoms with Gasteiger partial charge in [0.15, 0.2) is 6.61 Å². The highest BCUT2D eigenvalue weighted by Crippen LogP contribution is 2.16. The van der Waals surface area contributed by atoms with Crippen molar-refractivity contribution in [2.24, 2.45) is 0 Å². The van der Waals surface area contributed by atoms with Crippen LogP contribution in [0.4, 0.5) is 0 Å². The Bertz CT molecular complexity index is 346. The summed E-state index contributed by atoms with van der Waals surface area (Å²) in [6, 6.07) is 7.05. The van der Waals surface area contributed by atoms with Crippen LogP contribution in [0.25, 0.3) is 0 Å². The molecule has 1 aromatic rings. The Labute approximate surface area is 102 Å². The van der Waals surface area contributed by atoms with Crippen molar-refractivity contribution in [2.75, 3.05) is 13.2 Å². The van der Waals surface area contributed by atoms with Crippen LogP contribution in [0.15, 0.2) is 24.3 Å². The molecule has 4 heteroatoms. The van der Waals surface area contributed by atoms with E-state index in [4.69, 9.17) is 4.74 Å². The van der Waals surface area contributed by atoms with Crippen LogP contribution < -0.4 is 10.1 Å². The lowest BCUT2D eigenvalue weighted by molar-refractivity contribution is -0.123. The maximum absolute atomic E-state index is 11.3. The van der Waals surface area contributed by atoms with E-state index in [9.17, 15) is 9.90 Å². The van der Waals surface area contributed by atoms with Crippen molar-refractivity contribution >= 4 is 5.91 Å². The van der Waals surface area contributed by atoms with Gasteiger partial charge in [0.05, 0.1) is 6.10 Å². The molecule has 0 unspecified atom stereocenters. The smallest absolute Gasteiger partial charge is 0.257 e. The van der Waals surface area contributed by atoms with Gasteiger partial charge < -0.3 is 15.2 Å². The molecule has 0 aliphatic rings. The van der Waals surface area contributed by atoms with Gasteiger partial charge in [0.25, 0.3) is 5.91 Å². The number of hydrogen-bond donors (Lipinski definition) is 2. The first-order chi connectivity index (χ1) is 8.13. The van der Waals surface area contributed by atoms with E-state index >= 15 is 0 Å². The Morgan fingerprint density at radius 3 is 2.59 bits per heavy atom. The number of aliphatic hydroxyl groups is 1. The van der Waals surface area contributed by atoms with Gasteiger partial charge in [-0.15, -0.1) is 0 Å². The summed E-state index contributed by atoms with van der Waals surface area (Å²) in [5, 5.41) is 12.1. The summed E-state index contributed by atoms with van der Waals surface area (Å²) in [5.41, 5.74) is 0.827. The maximum Gasteiger partial charge on any atom is 0.257 e. The van der Waals surface area contributed by atoms with E-state index in [1.54, 1.807) is 31.2 Å². The zero-order valence-corrected chi connectivity index (χ0v) is 10.3. The van der Waals surface area contributed by atoms with Gasteiger partial charge in [-0.25, -0.2) is 0 Å². The van der Waals surface area contributed by atoms with E-state index < -0.39 is 6.10 Å². The van der Waals surface area contributed by atoms with Gasteiger partial charge in [-0.05, 0) is 31.0 Å². The maximum atomic E-state index is 11.3. The summed E-state index contributed by atoms with van der Waals surface area (Å²) in [7, 11) is 0. The normalized spacial score (nSPS) is 11.9. The average molecular weight is 237 g/mol. The molecule has 1 atom stereocenters. The van der Waals surface area contributed by atoms with Gasteiger partial charge >= 0.3 is 0 Å². The fraction of sp³-hybridized carbons (Fsp3) is 0.462. The van der Waals surface area contributed by atoms with E-state index in [-0.39, 0.29) is 12.5 Å². The van der Waals surface area contributed by atoms with Crippen LogP contribution in [0.5, 0.6) is 5.75 Å². The van der Waals surface area contributed by atoms with E-state index in [1.165, 1.54) is 0 Å². The second-order valence-electron chi connectivity index (χ2n) is 3.88. The predicted octanol–water partition coefficient (Wildman–Crippen LogP) is 1.64. The molecule has 0 saturated heterocycles. The highest BCUT2D eigenvalue weighted by molar-refractivity contribution is 5.77. The lowest BCUT2D eigenvalue weighted by Crippen LogP contribution is -2.29. The van der Waals surface area contributed by atoms with Crippen molar-refractivity contribution in [3.63, 3.8) is 0 Å². The molecule has 4 nitrogen and oxygen atoms in total. The van der Waals surface area contributed by atoms with Gasteiger partial charge in [0, 0.05) is 6.54 Å². The number of carbonyl (C=O) groups is 1. The van der Waals surface area contributed by atoms with Crippen molar-refractivity contribution in [1.82, 2.24) is 5.32 Å². The summed E-state index contributed by atoms with van der Waals surface area (Å²) >= 11 is 0.